The van der Waals surface area contributed by atoms with E-state index in [0.717, 1.165) is 25.4 Å². The number of hydrogen-bond acceptors (Lipinski definition) is 4. The van der Waals surface area contributed by atoms with Crippen LogP contribution >= 0.6 is 22.7 Å². The lowest BCUT2D eigenvalue weighted by Crippen LogP contribution is -2.36. The molecule has 2 amide bonds. The summed E-state index contributed by atoms with van der Waals surface area (Å²) >= 11 is 3.06. The van der Waals surface area contributed by atoms with Crippen LogP contribution in [0.5, 0.6) is 0 Å². The summed E-state index contributed by atoms with van der Waals surface area (Å²) in [5.41, 5.74) is 1.73. The first-order valence-electron chi connectivity index (χ1n) is 8.71. The maximum absolute atomic E-state index is 12.9. The molecule has 1 atom stereocenters. The van der Waals surface area contributed by atoms with Gasteiger partial charge in [0.2, 0.25) is 0 Å². The zero-order valence-corrected chi connectivity index (χ0v) is 16.5. The van der Waals surface area contributed by atoms with E-state index < -0.39 is 0 Å². The molecule has 0 spiro atoms. The van der Waals surface area contributed by atoms with E-state index in [-0.39, 0.29) is 17.9 Å². The predicted molar refractivity (Wildman–Crippen MR) is 110 cm³/mol. The van der Waals surface area contributed by atoms with Crippen molar-refractivity contribution >= 4 is 44.6 Å². The Bertz CT molecular complexity index is 1040. The fourth-order valence-electron chi connectivity index (χ4n) is 3.25. The second-order valence-corrected chi connectivity index (χ2v) is 8.59. The molecule has 1 N–H and O–H groups in total. The van der Waals surface area contributed by atoms with E-state index in [1.165, 1.54) is 22.7 Å². The highest BCUT2D eigenvalue weighted by Gasteiger charge is 2.27. The first-order valence-corrected chi connectivity index (χ1v) is 10.4. The van der Waals surface area contributed by atoms with Crippen LogP contribution in [0.3, 0.4) is 0 Å². The van der Waals surface area contributed by atoms with E-state index >= 15 is 0 Å². The summed E-state index contributed by atoms with van der Waals surface area (Å²) in [6, 6.07) is 9.69. The lowest BCUT2D eigenvalue weighted by atomic mass is 10.0. The van der Waals surface area contributed by atoms with E-state index in [9.17, 15) is 9.59 Å². The maximum Gasteiger partial charge on any atom is 0.264 e. The molecule has 136 valence electrons. The van der Waals surface area contributed by atoms with Gasteiger partial charge >= 0.3 is 0 Å². The number of benzene rings is 1. The molecule has 0 radical (unpaired) electrons. The predicted octanol–water partition coefficient (Wildman–Crippen LogP) is 3.91. The Morgan fingerprint density at radius 3 is 2.93 bits per heavy atom. The number of carbonyl (C=O) groups excluding carboxylic acids is 2. The monoisotopic (exact) mass is 394 g/mol. The molecule has 1 aliphatic rings. The quantitative estimate of drug-likeness (QED) is 0.685. The van der Waals surface area contributed by atoms with E-state index in [2.05, 4.69) is 11.2 Å². The molecule has 27 heavy (non-hydrogen) atoms. The third-order valence-electron chi connectivity index (χ3n) is 4.71. The normalized spacial score (nSPS) is 14.4. The van der Waals surface area contributed by atoms with Crippen LogP contribution in [-0.2, 0) is 13.0 Å². The number of carbonyl (C=O) groups is 2. The van der Waals surface area contributed by atoms with E-state index in [4.69, 9.17) is 6.42 Å². The van der Waals surface area contributed by atoms with Crippen molar-refractivity contribution in [1.29, 1.82) is 0 Å². The Morgan fingerprint density at radius 2 is 2.15 bits per heavy atom. The van der Waals surface area contributed by atoms with Gasteiger partial charge in [0.15, 0.2) is 0 Å². The minimum absolute atomic E-state index is 0.0576. The molecule has 3 aromatic rings. The number of fused-ring (bicyclic) bond motifs is 2. The van der Waals surface area contributed by atoms with Crippen molar-refractivity contribution in [1.82, 2.24) is 10.2 Å². The number of nitrogens with one attached hydrogen (secondary N) is 1. The number of nitrogens with zero attached hydrogens (tertiary/aromatic N) is 1. The minimum Gasteiger partial charge on any atom is -0.339 e. The smallest absolute Gasteiger partial charge is 0.264 e. The average Bonchev–Trinajstić information content (AvgIpc) is 3.30. The highest BCUT2D eigenvalue weighted by Crippen LogP contribution is 2.31. The number of thiophene rings is 2. The number of hydrogen-bond donors (Lipinski definition) is 1. The van der Waals surface area contributed by atoms with Crippen LogP contribution in [-0.4, -0.2) is 29.3 Å². The van der Waals surface area contributed by atoms with Crippen LogP contribution in [0.15, 0.2) is 35.7 Å². The van der Waals surface area contributed by atoms with E-state index in [1.54, 1.807) is 6.92 Å². The molecular formula is C21H18N2O2S2. The second-order valence-electron chi connectivity index (χ2n) is 6.54. The van der Waals surface area contributed by atoms with Gasteiger partial charge in [-0.1, -0.05) is 24.1 Å². The lowest BCUT2D eigenvalue weighted by molar-refractivity contribution is 0.0742. The molecule has 2 aromatic heterocycles. The fourth-order valence-corrected chi connectivity index (χ4v) is 5.38. The van der Waals surface area contributed by atoms with Gasteiger partial charge in [-0.3, -0.25) is 9.59 Å². The molecule has 0 saturated heterocycles. The fraction of sp³-hybridized carbons (Fsp3) is 0.238. The third-order valence-corrected chi connectivity index (χ3v) is 6.83. The van der Waals surface area contributed by atoms with Crippen LogP contribution < -0.4 is 5.32 Å². The molecular weight excluding hydrogens is 376 g/mol. The van der Waals surface area contributed by atoms with Crippen molar-refractivity contribution in [3.05, 3.63) is 56.6 Å². The lowest BCUT2D eigenvalue weighted by Gasteiger charge is -2.27. The Kier molecular flexibility index (Phi) is 4.73. The van der Waals surface area contributed by atoms with Gasteiger partial charge in [0, 0.05) is 21.5 Å². The van der Waals surface area contributed by atoms with Gasteiger partial charge in [-0.05, 0) is 36.4 Å². The van der Waals surface area contributed by atoms with Crippen molar-refractivity contribution < 1.29 is 9.59 Å². The summed E-state index contributed by atoms with van der Waals surface area (Å²) in [5, 5.41) is 5.78. The first-order chi connectivity index (χ1) is 13.1. The topological polar surface area (TPSA) is 49.4 Å². The molecule has 4 nitrogen and oxygen atoms in total. The number of amides is 2. The molecule has 4 rings (SSSR count). The highest BCUT2D eigenvalue weighted by molar-refractivity contribution is 7.20. The average molecular weight is 395 g/mol. The number of rotatable bonds is 3. The van der Waals surface area contributed by atoms with Gasteiger partial charge in [-0.2, -0.15) is 0 Å². The Balaban J connectivity index is 1.53. The minimum atomic E-state index is -0.303. The summed E-state index contributed by atoms with van der Waals surface area (Å²) in [6.07, 6.45) is 6.02. The summed E-state index contributed by atoms with van der Waals surface area (Å²) in [5.74, 6) is 2.43. The molecule has 1 aliphatic heterocycles. The van der Waals surface area contributed by atoms with Gasteiger partial charge in [0.25, 0.3) is 11.8 Å². The Labute approximate surface area is 165 Å². The van der Waals surface area contributed by atoms with E-state index in [0.29, 0.717) is 25.1 Å². The zero-order valence-electron chi connectivity index (χ0n) is 14.8. The summed E-state index contributed by atoms with van der Waals surface area (Å²) in [7, 11) is 0. The Hall–Kier alpha value is -2.62. The second kappa shape index (κ2) is 7.18. The van der Waals surface area contributed by atoms with Crippen molar-refractivity contribution in [2.75, 3.05) is 6.54 Å². The van der Waals surface area contributed by atoms with Crippen molar-refractivity contribution in [2.45, 2.75) is 25.9 Å². The standard InChI is InChI=1S/C21H18N2O2S2/c1-3-13(2)22-20(24)16-12-26-19-11-23(9-8-15(16)19)21(25)18-10-14-6-4-5-7-17(14)27-18/h1,4-7,10,12-13H,8-9,11H2,2H3,(H,22,24). The molecule has 1 aromatic carbocycles. The summed E-state index contributed by atoms with van der Waals surface area (Å²) in [4.78, 5) is 29.1. The Morgan fingerprint density at radius 1 is 1.33 bits per heavy atom. The van der Waals surface area contributed by atoms with Gasteiger partial charge < -0.3 is 10.2 Å². The van der Waals surface area contributed by atoms with Gasteiger partial charge in [0.1, 0.15) is 0 Å². The molecule has 1 unspecified atom stereocenters. The van der Waals surface area contributed by atoms with Crippen LogP contribution in [0.25, 0.3) is 10.1 Å². The van der Waals surface area contributed by atoms with Gasteiger partial charge in [0.05, 0.1) is 23.0 Å². The molecule has 0 bridgehead atoms. The van der Waals surface area contributed by atoms with Crippen LogP contribution in [0.1, 0.15) is 37.4 Å². The van der Waals surface area contributed by atoms with E-state index in [1.807, 2.05) is 40.6 Å². The highest BCUT2D eigenvalue weighted by atomic mass is 32.1. The van der Waals surface area contributed by atoms with Crippen LogP contribution in [0.2, 0.25) is 0 Å². The van der Waals surface area contributed by atoms with Gasteiger partial charge in [-0.25, -0.2) is 0 Å². The van der Waals surface area contributed by atoms with Crippen molar-refractivity contribution in [3.63, 3.8) is 0 Å². The molecule has 6 heteroatoms. The molecule has 0 fully saturated rings. The third kappa shape index (κ3) is 3.36. The first kappa shape index (κ1) is 17.8. The van der Waals surface area contributed by atoms with Crippen molar-refractivity contribution in [3.8, 4) is 12.3 Å². The molecule has 0 aliphatic carbocycles. The zero-order chi connectivity index (χ0) is 19.0. The SMILES string of the molecule is C#CC(C)NC(=O)c1csc2c1CCN(C(=O)c1cc3ccccc3s1)C2. The van der Waals surface area contributed by atoms with Gasteiger partial charge in [-0.15, -0.1) is 29.1 Å². The maximum atomic E-state index is 12.9. The van der Waals surface area contributed by atoms with Crippen molar-refractivity contribution in [2.24, 2.45) is 0 Å². The summed E-state index contributed by atoms with van der Waals surface area (Å²) in [6.45, 7) is 2.94. The summed E-state index contributed by atoms with van der Waals surface area (Å²) < 4.78 is 1.12. The molecule has 3 heterocycles. The largest absolute Gasteiger partial charge is 0.339 e. The molecule has 0 saturated carbocycles. The van der Waals surface area contributed by atoms with Crippen LogP contribution in [0, 0.1) is 12.3 Å². The number of terminal acetylenes is 1. The van der Waals surface area contributed by atoms with Crippen LogP contribution in [0.4, 0.5) is 0 Å².